The maximum atomic E-state index is 12.8. The van der Waals surface area contributed by atoms with Crippen LogP contribution in [0, 0.1) is 0 Å². The third-order valence-corrected chi connectivity index (χ3v) is 5.34. The molecule has 0 amide bonds. The second-order valence-corrected chi connectivity index (χ2v) is 7.56. The molecule has 0 aliphatic carbocycles. The molecule has 4 rings (SSSR count). The summed E-state index contributed by atoms with van der Waals surface area (Å²) in [5, 5.41) is 79.6. The Hall–Kier alpha value is -3.71. The number of benzene rings is 2. The van der Waals surface area contributed by atoms with Crippen LogP contribution in [0.25, 0.3) is 22.3 Å². The van der Waals surface area contributed by atoms with E-state index in [0.717, 1.165) is 18.2 Å². The number of rotatable bonds is 3. The van der Waals surface area contributed by atoms with Gasteiger partial charge in [0.15, 0.2) is 28.6 Å². The first-order valence-corrected chi connectivity index (χ1v) is 9.64. The lowest BCUT2D eigenvalue weighted by Crippen LogP contribution is -2.58. The van der Waals surface area contributed by atoms with Gasteiger partial charge in [-0.25, -0.2) is 0 Å². The smallest absolute Gasteiger partial charge is 0.238 e. The molecule has 1 aliphatic heterocycles. The van der Waals surface area contributed by atoms with Gasteiger partial charge in [0, 0.05) is 11.6 Å². The zero-order valence-electron chi connectivity index (χ0n) is 16.9. The Bertz CT molecular complexity index is 1280. The van der Waals surface area contributed by atoms with E-state index in [9.17, 15) is 45.6 Å². The van der Waals surface area contributed by atoms with Crippen molar-refractivity contribution in [3.63, 3.8) is 0 Å². The van der Waals surface area contributed by atoms with Crippen LogP contribution in [0.4, 0.5) is 0 Å². The molecule has 33 heavy (non-hydrogen) atoms. The molecule has 5 atom stereocenters. The van der Waals surface area contributed by atoms with E-state index < -0.39 is 87.4 Å². The quantitative estimate of drug-likeness (QED) is 0.244. The summed E-state index contributed by atoms with van der Waals surface area (Å²) in [6, 6.07) is 4.03. The molecule has 12 heteroatoms. The molecule has 1 aliphatic rings. The van der Waals surface area contributed by atoms with Crippen LogP contribution in [0.3, 0.4) is 0 Å². The third-order valence-electron chi connectivity index (χ3n) is 5.34. The van der Waals surface area contributed by atoms with Gasteiger partial charge in [0.1, 0.15) is 29.4 Å². The van der Waals surface area contributed by atoms with Crippen LogP contribution in [0.15, 0.2) is 33.5 Å². The lowest BCUT2D eigenvalue weighted by molar-refractivity contribution is -0.268. The summed E-state index contributed by atoms with van der Waals surface area (Å²) >= 11 is 0. The number of hydrogen-bond acceptors (Lipinski definition) is 12. The first-order valence-electron chi connectivity index (χ1n) is 9.64. The van der Waals surface area contributed by atoms with E-state index in [1.54, 1.807) is 0 Å². The largest absolute Gasteiger partial charge is 0.507 e. The van der Waals surface area contributed by atoms with E-state index in [-0.39, 0.29) is 5.56 Å². The summed E-state index contributed by atoms with van der Waals surface area (Å²) in [7, 11) is 0. The molecule has 0 saturated carbocycles. The van der Waals surface area contributed by atoms with Crippen LogP contribution in [0.2, 0.25) is 0 Å². The summed E-state index contributed by atoms with van der Waals surface area (Å²) in [6.45, 7) is 1.40. The first-order chi connectivity index (χ1) is 15.5. The SMILES string of the molecule is C[C@@H]1O[C@H](Oc2c(O)cc(O)c3c(=O)c(O)c(-c4ccc(O)c(O)c4)oc23)[C@H](O)[C@H](O)[C@H]1O. The van der Waals surface area contributed by atoms with E-state index in [2.05, 4.69) is 0 Å². The molecule has 0 spiro atoms. The van der Waals surface area contributed by atoms with Gasteiger partial charge in [-0.1, -0.05) is 0 Å². The lowest BCUT2D eigenvalue weighted by Gasteiger charge is -2.38. The number of phenols is 4. The molecule has 2 heterocycles. The van der Waals surface area contributed by atoms with Crippen molar-refractivity contribution in [1.29, 1.82) is 0 Å². The van der Waals surface area contributed by atoms with Gasteiger partial charge in [-0.3, -0.25) is 4.79 Å². The molecule has 1 aromatic heterocycles. The van der Waals surface area contributed by atoms with Crippen LogP contribution in [-0.2, 0) is 4.74 Å². The van der Waals surface area contributed by atoms with Crippen molar-refractivity contribution >= 4 is 11.0 Å². The second-order valence-electron chi connectivity index (χ2n) is 7.56. The number of aromatic hydroxyl groups is 5. The van der Waals surface area contributed by atoms with Gasteiger partial charge >= 0.3 is 0 Å². The molecule has 0 unspecified atom stereocenters. The number of hydrogen-bond donors (Lipinski definition) is 8. The van der Waals surface area contributed by atoms with Crippen LogP contribution in [-0.4, -0.2) is 71.6 Å². The fourth-order valence-electron chi connectivity index (χ4n) is 3.50. The predicted molar refractivity (Wildman–Crippen MR) is 109 cm³/mol. The van der Waals surface area contributed by atoms with E-state index in [1.807, 2.05) is 0 Å². The van der Waals surface area contributed by atoms with Crippen LogP contribution in [0.5, 0.6) is 34.5 Å². The van der Waals surface area contributed by atoms with E-state index >= 15 is 0 Å². The van der Waals surface area contributed by atoms with E-state index in [1.165, 1.54) is 13.0 Å². The topological polar surface area (TPSA) is 211 Å². The Morgan fingerprint density at radius 2 is 1.55 bits per heavy atom. The van der Waals surface area contributed by atoms with Crippen molar-refractivity contribution in [2.45, 2.75) is 37.6 Å². The zero-order valence-corrected chi connectivity index (χ0v) is 16.9. The molecule has 0 radical (unpaired) electrons. The molecule has 8 N–H and O–H groups in total. The van der Waals surface area contributed by atoms with Crippen LogP contribution < -0.4 is 10.2 Å². The molecule has 3 aromatic rings. The third kappa shape index (κ3) is 3.64. The summed E-state index contributed by atoms with van der Waals surface area (Å²) in [6.07, 6.45) is -7.45. The van der Waals surface area contributed by atoms with Gasteiger partial charge in [-0.05, 0) is 25.1 Å². The highest BCUT2D eigenvalue weighted by Gasteiger charge is 2.44. The van der Waals surface area contributed by atoms with Gasteiger partial charge in [-0.2, -0.15) is 0 Å². The van der Waals surface area contributed by atoms with E-state index in [0.29, 0.717) is 0 Å². The molecule has 176 valence electrons. The standard InChI is InChI=1S/C21H20O12/c1-6-13(26)15(28)17(30)21(31-6)33-19-11(25)5-10(24)12-14(27)16(29)18(32-20(12)19)7-2-3-8(22)9(23)4-7/h2-6,13,15,17,21-26,28-30H,1H3/t6-,13-,15+,17+,21+/m0/s1. The van der Waals surface area contributed by atoms with Crippen molar-refractivity contribution < 1.29 is 54.7 Å². The molecular weight excluding hydrogens is 444 g/mol. The molecule has 1 fully saturated rings. The minimum absolute atomic E-state index is 0.0447. The number of aliphatic hydroxyl groups excluding tert-OH is 3. The average molecular weight is 464 g/mol. The van der Waals surface area contributed by atoms with Crippen LogP contribution in [0.1, 0.15) is 6.92 Å². The molecule has 2 aromatic carbocycles. The summed E-state index contributed by atoms with van der Waals surface area (Å²) in [5.41, 5.74) is -1.71. The Balaban J connectivity index is 1.91. The highest BCUT2D eigenvalue weighted by Crippen LogP contribution is 2.44. The Morgan fingerprint density at radius 3 is 2.21 bits per heavy atom. The monoisotopic (exact) mass is 464 g/mol. The van der Waals surface area contributed by atoms with E-state index in [4.69, 9.17) is 13.9 Å². The maximum Gasteiger partial charge on any atom is 0.238 e. The Morgan fingerprint density at radius 1 is 0.848 bits per heavy atom. The fourth-order valence-corrected chi connectivity index (χ4v) is 3.50. The minimum atomic E-state index is -1.77. The minimum Gasteiger partial charge on any atom is -0.507 e. The number of phenolic OH excluding ortho intramolecular Hbond substituents is 4. The Labute approximate surface area is 184 Å². The van der Waals surface area contributed by atoms with Crippen molar-refractivity contribution in [2.75, 3.05) is 0 Å². The van der Waals surface area contributed by atoms with Crippen molar-refractivity contribution in [3.8, 4) is 45.8 Å². The van der Waals surface area contributed by atoms with Crippen molar-refractivity contribution in [1.82, 2.24) is 0 Å². The van der Waals surface area contributed by atoms with Crippen molar-refractivity contribution in [3.05, 3.63) is 34.5 Å². The van der Waals surface area contributed by atoms with Gasteiger partial charge < -0.3 is 54.7 Å². The number of ether oxygens (including phenoxy) is 2. The van der Waals surface area contributed by atoms with Gasteiger partial charge in [-0.15, -0.1) is 0 Å². The summed E-state index contributed by atoms with van der Waals surface area (Å²) in [4.78, 5) is 12.8. The fraction of sp³-hybridized carbons (Fsp3) is 0.286. The lowest BCUT2D eigenvalue weighted by atomic mass is 10.00. The number of aliphatic hydroxyl groups is 3. The van der Waals surface area contributed by atoms with Gasteiger partial charge in [0.2, 0.25) is 23.2 Å². The summed E-state index contributed by atoms with van der Waals surface area (Å²) in [5.74, 6) is -4.56. The predicted octanol–water partition coefficient (Wildman–Crippen LogP) is 0.194. The number of fused-ring (bicyclic) bond motifs is 1. The van der Waals surface area contributed by atoms with Gasteiger partial charge in [0.05, 0.1) is 6.10 Å². The molecule has 1 saturated heterocycles. The van der Waals surface area contributed by atoms with Crippen molar-refractivity contribution in [2.24, 2.45) is 0 Å². The first kappa shape index (κ1) is 22.5. The molecule has 12 nitrogen and oxygen atoms in total. The maximum absolute atomic E-state index is 12.8. The molecule has 0 bridgehead atoms. The van der Waals surface area contributed by atoms with Crippen LogP contribution >= 0.6 is 0 Å². The second kappa shape index (κ2) is 8.01. The average Bonchev–Trinajstić information content (AvgIpc) is 2.76. The molecular formula is C21H20O12. The van der Waals surface area contributed by atoms with Gasteiger partial charge in [0.25, 0.3) is 0 Å². The highest BCUT2D eigenvalue weighted by atomic mass is 16.7. The normalized spacial score (nSPS) is 25.3. The summed E-state index contributed by atoms with van der Waals surface area (Å²) < 4.78 is 16.4. The Kier molecular flexibility index (Phi) is 5.46. The highest BCUT2D eigenvalue weighted by molar-refractivity contribution is 5.93. The zero-order chi connectivity index (χ0) is 24.2.